The van der Waals surface area contributed by atoms with Gasteiger partial charge in [-0.1, -0.05) is 29.8 Å². The van der Waals surface area contributed by atoms with Crippen molar-refractivity contribution >= 4 is 5.69 Å². The van der Waals surface area contributed by atoms with E-state index in [0.717, 1.165) is 12.2 Å². The number of fused-ring (bicyclic) bond motifs is 1. The van der Waals surface area contributed by atoms with Crippen molar-refractivity contribution in [1.29, 1.82) is 0 Å². The number of nitrogens with one attached hydrogen (secondary N) is 1. The van der Waals surface area contributed by atoms with E-state index in [9.17, 15) is 0 Å². The van der Waals surface area contributed by atoms with E-state index in [1.54, 1.807) is 7.11 Å². The number of hydrogen-bond acceptors (Lipinski definition) is 2. The van der Waals surface area contributed by atoms with Crippen LogP contribution in [0.1, 0.15) is 33.9 Å². The van der Waals surface area contributed by atoms with Crippen molar-refractivity contribution in [2.45, 2.75) is 33.2 Å². The second-order valence-corrected chi connectivity index (χ2v) is 5.69. The fraction of sp³-hybridized carbons (Fsp3) is 0.333. The zero-order chi connectivity index (χ0) is 14.3. The molecule has 2 aromatic rings. The third-order valence-corrected chi connectivity index (χ3v) is 4.33. The van der Waals surface area contributed by atoms with Gasteiger partial charge in [-0.3, -0.25) is 0 Å². The van der Waals surface area contributed by atoms with Gasteiger partial charge in [0, 0.05) is 11.3 Å². The number of benzene rings is 2. The first-order chi connectivity index (χ1) is 9.60. The Morgan fingerprint density at radius 3 is 2.65 bits per heavy atom. The highest BCUT2D eigenvalue weighted by atomic mass is 16.5. The quantitative estimate of drug-likeness (QED) is 0.874. The fourth-order valence-electron chi connectivity index (χ4n) is 3.00. The topological polar surface area (TPSA) is 21.3 Å². The summed E-state index contributed by atoms with van der Waals surface area (Å²) in [5.74, 6) is 0.968. The summed E-state index contributed by atoms with van der Waals surface area (Å²) in [6.07, 6.45) is 1.02. The van der Waals surface area contributed by atoms with Crippen LogP contribution in [0, 0.1) is 20.8 Å². The second kappa shape index (κ2) is 4.86. The molecule has 1 heterocycles. The fourth-order valence-corrected chi connectivity index (χ4v) is 3.00. The molecule has 1 atom stereocenters. The molecule has 1 N–H and O–H groups in total. The van der Waals surface area contributed by atoms with Crippen molar-refractivity contribution in [3.8, 4) is 5.75 Å². The van der Waals surface area contributed by atoms with Crippen LogP contribution in [0.3, 0.4) is 0 Å². The van der Waals surface area contributed by atoms with Crippen molar-refractivity contribution in [1.82, 2.24) is 0 Å². The maximum absolute atomic E-state index is 5.53. The number of anilines is 1. The average Bonchev–Trinajstić information content (AvgIpc) is 2.88. The molecule has 104 valence electrons. The minimum Gasteiger partial charge on any atom is -0.496 e. The molecule has 0 bridgehead atoms. The maximum atomic E-state index is 5.53. The van der Waals surface area contributed by atoms with Crippen LogP contribution in [-0.2, 0) is 6.42 Å². The molecule has 1 unspecified atom stereocenters. The molecule has 0 fully saturated rings. The zero-order valence-electron chi connectivity index (χ0n) is 12.6. The van der Waals surface area contributed by atoms with Crippen molar-refractivity contribution in [2.75, 3.05) is 12.4 Å². The Bertz CT molecular complexity index is 661. The summed E-state index contributed by atoms with van der Waals surface area (Å²) in [7, 11) is 1.74. The van der Waals surface area contributed by atoms with Crippen LogP contribution in [0.25, 0.3) is 0 Å². The molecule has 0 saturated heterocycles. The molecular weight excluding hydrogens is 246 g/mol. The zero-order valence-corrected chi connectivity index (χ0v) is 12.6. The van der Waals surface area contributed by atoms with E-state index in [-0.39, 0.29) is 0 Å². The number of methoxy groups -OCH3 is 1. The molecule has 0 amide bonds. The first kappa shape index (κ1) is 13.0. The Morgan fingerprint density at radius 2 is 1.90 bits per heavy atom. The van der Waals surface area contributed by atoms with Gasteiger partial charge in [-0.15, -0.1) is 0 Å². The lowest BCUT2D eigenvalue weighted by Gasteiger charge is -2.17. The molecule has 1 aliphatic rings. The van der Waals surface area contributed by atoms with Crippen LogP contribution in [0.15, 0.2) is 30.3 Å². The van der Waals surface area contributed by atoms with Crippen LogP contribution in [-0.4, -0.2) is 7.11 Å². The first-order valence-corrected chi connectivity index (χ1v) is 7.10. The predicted octanol–water partition coefficient (Wildman–Crippen LogP) is 4.33. The van der Waals surface area contributed by atoms with Gasteiger partial charge in [0.2, 0.25) is 0 Å². The molecule has 0 aliphatic carbocycles. The summed E-state index contributed by atoms with van der Waals surface area (Å²) in [5.41, 5.74) is 7.93. The highest BCUT2D eigenvalue weighted by molar-refractivity contribution is 5.65. The van der Waals surface area contributed by atoms with Crippen molar-refractivity contribution < 1.29 is 4.74 Å². The predicted molar refractivity (Wildman–Crippen MR) is 83.7 cm³/mol. The summed E-state index contributed by atoms with van der Waals surface area (Å²) >= 11 is 0. The van der Waals surface area contributed by atoms with Crippen LogP contribution < -0.4 is 10.1 Å². The third kappa shape index (κ3) is 2.05. The molecule has 0 aromatic heterocycles. The van der Waals surface area contributed by atoms with Gasteiger partial charge < -0.3 is 10.1 Å². The minimum absolute atomic E-state index is 0.306. The molecule has 2 heteroatoms. The largest absolute Gasteiger partial charge is 0.496 e. The van der Waals surface area contributed by atoms with Crippen LogP contribution in [0.4, 0.5) is 5.69 Å². The summed E-state index contributed by atoms with van der Waals surface area (Å²) in [6.45, 7) is 6.48. The van der Waals surface area contributed by atoms with Gasteiger partial charge in [0.1, 0.15) is 5.75 Å². The first-order valence-electron chi connectivity index (χ1n) is 7.10. The molecule has 2 nitrogen and oxygen atoms in total. The molecule has 0 saturated carbocycles. The van der Waals surface area contributed by atoms with E-state index in [1.165, 1.54) is 33.5 Å². The smallest absolute Gasteiger partial charge is 0.124 e. The summed E-state index contributed by atoms with van der Waals surface area (Å²) in [6, 6.07) is 11.1. The number of hydrogen-bond donors (Lipinski definition) is 1. The number of aryl methyl sites for hydroxylation is 2. The van der Waals surface area contributed by atoms with Crippen LogP contribution >= 0.6 is 0 Å². The van der Waals surface area contributed by atoms with E-state index in [0.29, 0.717) is 6.04 Å². The van der Waals surface area contributed by atoms with Crippen LogP contribution in [0.2, 0.25) is 0 Å². The maximum Gasteiger partial charge on any atom is 0.124 e. The third-order valence-electron chi connectivity index (χ3n) is 4.33. The normalized spacial score (nSPS) is 16.7. The van der Waals surface area contributed by atoms with E-state index >= 15 is 0 Å². The van der Waals surface area contributed by atoms with Gasteiger partial charge in [0.15, 0.2) is 0 Å². The van der Waals surface area contributed by atoms with E-state index in [2.05, 4.69) is 56.4 Å². The molecule has 0 radical (unpaired) electrons. The van der Waals surface area contributed by atoms with E-state index < -0.39 is 0 Å². The lowest BCUT2D eigenvalue weighted by atomic mass is 9.99. The Labute approximate surface area is 120 Å². The van der Waals surface area contributed by atoms with Gasteiger partial charge in [-0.05, 0) is 49.9 Å². The standard InChI is InChI=1S/C18H21NO/c1-11-5-8-17(20-4)15(9-11)16-10-14-7-6-12(2)13(3)18(14)19-16/h5-9,16,19H,10H2,1-4H3. The lowest BCUT2D eigenvalue weighted by Crippen LogP contribution is -2.08. The summed E-state index contributed by atoms with van der Waals surface area (Å²) < 4.78 is 5.53. The Hall–Kier alpha value is -1.96. The van der Waals surface area contributed by atoms with Crippen molar-refractivity contribution in [3.05, 3.63) is 58.1 Å². The second-order valence-electron chi connectivity index (χ2n) is 5.69. The molecule has 3 rings (SSSR count). The van der Waals surface area contributed by atoms with Gasteiger partial charge in [-0.25, -0.2) is 0 Å². The van der Waals surface area contributed by atoms with Crippen molar-refractivity contribution in [3.63, 3.8) is 0 Å². The molecular formula is C18H21NO. The average molecular weight is 267 g/mol. The van der Waals surface area contributed by atoms with Gasteiger partial charge in [0.25, 0.3) is 0 Å². The Morgan fingerprint density at radius 1 is 1.10 bits per heavy atom. The summed E-state index contributed by atoms with van der Waals surface area (Å²) in [5, 5.41) is 3.68. The molecule has 2 aromatic carbocycles. The lowest BCUT2D eigenvalue weighted by molar-refractivity contribution is 0.407. The Balaban J connectivity index is 2.00. The highest BCUT2D eigenvalue weighted by Crippen LogP contribution is 2.40. The SMILES string of the molecule is COc1ccc(C)cc1C1Cc2ccc(C)c(C)c2N1. The minimum atomic E-state index is 0.306. The van der Waals surface area contributed by atoms with Crippen molar-refractivity contribution in [2.24, 2.45) is 0 Å². The van der Waals surface area contributed by atoms with E-state index in [4.69, 9.17) is 4.74 Å². The van der Waals surface area contributed by atoms with Gasteiger partial charge in [0.05, 0.1) is 13.2 Å². The Kier molecular flexibility index (Phi) is 3.17. The van der Waals surface area contributed by atoms with E-state index in [1.807, 2.05) is 0 Å². The molecule has 0 spiro atoms. The summed E-state index contributed by atoms with van der Waals surface area (Å²) in [4.78, 5) is 0. The van der Waals surface area contributed by atoms with Gasteiger partial charge in [-0.2, -0.15) is 0 Å². The number of rotatable bonds is 2. The monoisotopic (exact) mass is 267 g/mol. The highest BCUT2D eigenvalue weighted by Gasteiger charge is 2.26. The van der Waals surface area contributed by atoms with Gasteiger partial charge >= 0.3 is 0 Å². The van der Waals surface area contributed by atoms with Crippen LogP contribution in [0.5, 0.6) is 5.75 Å². The number of ether oxygens (including phenoxy) is 1. The molecule has 1 aliphatic heterocycles. The molecule has 20 heavy (non-hydrogen) atoms.